The third kappa shape index (κ3) is 3.38. The highest BCUT2D eigenvalue weighted by molar-refractivity contribution is 6.08. The molecule has 78 valence electrons. The van der Waals surface area contributed by atoms with Crippen molar-refractivity contribution in [3.8, 4) is 0 Å². The zero-order valence-electron chi connectivity index (χ0n) is 8.78. The lowest BCUT2D eigenvalue weighted by molar-refractivity contribution is -0.118. The van der Waals surface area contributed by atoms with Crippen LogP contribution in [0.2, 0.25) is 0 Å². The van der Waals surface area contributed by atoms with E-state index in [2.05, 4.69) is 5.32 Å². The Balaban J connectivity index is 2.77. The maximum Gasteiger partial charge on any atom is 0.220 e. The van der Waals surface area contributed by atoms with Crippen molar-refractivity contribution < 1.29 is 9.59 Å². The lowest BCUT2D eigenvalue weighted by Crippen LogP contribution is -2.14. The Kier molecular flexibility index (Phi) is 3.80. The van der Waals surface area contributed by atoms with E-state index in [1.54, 1.807) is 31.2 Å². The minimum Gasteiger partial charge on any atom is -0.333 e. The van der Waals surface area contributed by atoms with Crippen molar-refractivity contribution in [3.63, 3.8) is 0 Å². The minimum atomic E-state index is -0.185. The van der Waals surface area contributed by atoms with Gasteiger partial charge in [0.15, 0.2) is 5.78 Å². The SMILES string of the molecule is CC(=O)N/C=C(\C)C(=O)c1ccccc1. The van der Waals surface area contributed by atoms with Gasteiger partial charge in [-0.1, -0.05) is 30.3 Å². The van der Waals surface area contributed by atoms with Crippen molar-refractivity contribution >= 4 is 11.7 Å². The number of nitrogens with one attached hydrogen (secondary N) is 1. The van der Waals surface area contributed by atoms with E-state index in [1.807, 2.05) is 6.07 Å². The molecule has 0 radical (unpaired) electrons. The first kappa shape index (κ1) is 11.2. The summed E-state index contributed by atoms with van der Waals surface area (Å²) in [6.45, 7) is 3.07. The van der Waals surface area contributed by atoms with E-state index >= 15 is 0 Å². The summed E-state index contributed by atoms with van der Waals surface area (Å²) in [4.78, 5) is 22.4. The van der Waals surface area contributed by atoms with Crippen LogP contribution in [-0.2, 0) is 4.79 Å². The summed E-state index contributed by atoms with van der Waals surface area (Å²) in [5.41, 5.74) is 1.13. The molecule has 0 bridgehead atoms. The predicted molar refractivity (Wildman–Crippen MR) is 58.3 cm³/mol. The van der Waals surface area contributed by atoms with Gasteiger partial charge in [0.2, 0.25) is 5.91 Å². The number of Topliss-reactive ketones (excluding diaryl/α,β-unsaturated/α-hetero) is 1. The number of hydrogen-bond acceptors (Lipinski definition) is 2. The molecule has 0 heterocycles. The fourth-order valence-electron chi connectivity index (χ4n) is 1.09. The van der Waals surface area contributed by atoms with Gasteiger partial charge in [0.25, 0.3) is 0 Å². The van der Waals surface area contributed by atoms with Crippen molar-refractivity contribution in [3.05, 3.63) is 47.7 Å². The maximum atomic E-state index is 11.7. The van der Waals surface area contributed by atoms with E-state index in [-0.39, 0.29) is 11.7 Å². The third-order valence-corrected chi connectivity index (χ3v) is 1.89. The van der Waals surface area contributed by atoms with Crippen LogP contribution >= 0.6 is 0 Å². The van der Waals surface area contributed by atoms with Crippen LogP contribution in [0.1, 0.15) is 24.2 Å². The minimum absolute atomic E-state index is 0.0793. The Morgan fingerprint density at radius 2 is 1.73 bits per heavy atom. The molecule has 1 aromatic carbocycles. The second kappa shape index (κ2) is 5.10. The van der Waals surface area contributed by atoms with Crippen LogP contribution in [-0.4, -0.2) is 11.7 Å². The van der Waals surface area contributed by atoms with Gasteiger partial charge < -0.3 is 5.32 Å². The molecular formula is C12H13NO2. The normalized spacial score (nSPS) is 10.9. The second-order valence-corrected chi connectivity index (χ2v) is 3.22. The van der Waals surface area contributed by atoms with E-state index in [1.165, 1.54) is 13.1 Å². The molecule has 1 rings (SSSR count). The molecule has 0 spiro atoms. The van der Waals surface area contributed by atoms with Crippen LogP contribution in [0.3, 0.4) is 0 Å². The number of ketones is 1. The highest BCUT2D eigenvalue weighted by Gasteiger charge is 2.06. The van der Waals surface area contributed by atoms with Crippen LogP contribution in [0.25, 0.3) is 0 Å². The van der Waals surface area contributed by atoms with Crippen molar-refractivity contribution in [2.24, 2.45) is 0 Å². The number of allylic oxidation sites excluding steroid dienone is 1. The van der Waals surface area contributed by atoms with Gasteiger partial charge in [0.1, 0.15) is 0 Å². The van der Waals surface area contributed by atoms with Gasteiger partial charge in [-0.05, 0) is 6.92 Å². The maximum absolute atomic E-state index is 11.7. The Labute approximate surface area is 88.8 Å². The second-order valence-electron chi connectivity index (χ2n) is 3.22. The van der Waals surface area contributed by atoms with E-state index in [0.717, 1.165) is 0 Å². The first-order valence-corrected chi connectivity index (χ1v) is 4.65. The van der Waals surface area contributed by atoms with Crippen molar-refractivity contribution in [2.45, 2.75) is 13.8 Å². The van der Waals surface area contributed by atoms with Gasteiger partial charge in [-0.3, -0.25) is 9.59 Å². The summed E-state index contributed by atoms with van der Waals surface area (Å²) in [5.74, 6) is -0.264. The predicted octanol–water partition coefficient (Wildman–Crippen LogP) is 1.91. The van der Waals surface area contributed by atoms with Gasteiger partial charge in [-0.2, -0.15) is 0 Å². The fourth-order valence-corrected chi connectivity index (χ4v) is 1.09. The zero-order valence-corrected chi connectivity index (χ0v) is 8.78. The molecule has 1 aromatic rings. The molecule has 0 atom stereocenters. The summed E-state index contributed by atoms with van der Waals surface area (Å²) in [7, 11) is 0. The standard InChI is InChI=1S/C12H13NO2/c1-9(8-13-10(2)14)12(15)11-6-4-3-5-7-11/h3-8H,1-2H3,(H,13,14)/b9-8+. The Bertz CT molecular complexity index is 393. The van der Waals surface area contributed by atoms with Gasteiger partial charge in [-0.25, -0.2) is 0 Å². The highest BCUT2D eigenvalue weighted by atomic mass is 16.1. The molecule has 0 unspecified atom stereocenters. The van der Waals surface area contributed by atoms with Gasteiger partial charge >= 0.3 is 0 Å². The van der Waals surface area contributed by atoms with E-state index in [9.17, 15) is 9.59 Å². The average Bonchev–Trinajstić information content (AvgIpc) is 2.26. The van der Waals surface area contributed by atoms with Crippen LogP contribution in [0.15, 0.2) is 42.1 Å². The van der Waals surface area contributed by atoms with Crippen molar-refractivity contribution in [1.82, 2.24) is 5.32 Å². The fraction of sp³-hybridized carbons (Fsp3) is 0.167. The zero-order chi connectivity index (χ0) is 11.3. The number of hydrogen-bond donors (Lipinski definition) is 1. The third-order valence-electron chi connectivity index (χ3n) is 1.89. The molecule has 3 heteroatoms. The van der Waals surface area contributed by atoms with Crippen LogP contribution in [0.4, 0.5) is 0 Å². The molecule has 0 aliphatic rings. The van der Waals surface area contributed by atoms with Crippen LogP contribution < -0.4 is 5.32 Å². The number of amides is 1. The summed E-state index contributed by atoms with van der Waals surface area (Å²) in [6, 6.07) is 8.95. The molecule has 0 aliphatic carbocycles. The molecule has 0 fully saturated rings. The monoisotopic (exact) mass is 203 g/mol. The Morgan fingerprint density at radius 1 is 1.13 bits per heavy atom. The number of benzene rings is 1. The summed E-state index contributed by atoms with van der Waals surface area (Å²) in [6.07, 6.45) is 1.43. The van der Waals surface area contributed by atoms with E-state index in [0.29, 0.717) is 11.1 Å². The smallest absolute Gasteiger partial charge is 0.220 e. The molecule has 15 heavy (non-hydrogen) atoms. The Hall–Kier alpha value is -1.90. The van der Waals surface area contributed by atoms with Crippen LogP contribution in [0, 0.1) is 0 Å². The largest absolute Gasteiger partial charge is 0.333 e. The molecule has 0 aliphatic heterocycles. The molecule has 1 N–H and O–H groups in total. The number of carbonyl (C=O) groups excluding carboxylic acids is 2. The van der Waals surface area contributed by atoms with Gasteiger partial charge in [0, 0.05) is 24.3 Å². The summed E-state index contributed by atoms with van der Waals surface area (Å²) < 4.78 is 0. The molecule has 3 nitrogen and oxygen atoms in total. The first-order valence-electron chi connectivity index (χ1n) is 4.65. The van der Waals surface area contributed by atoms with E-state index < -0.39 is 0 Å². The van der Waals surface area contributed by atoms with Gasteiger partial charge in [-0.15, -0.1) is 0 Å². The van der Waals surface area contributed by atoms with E-state index in [4.69, 9.17) is 0 Å². The topological polar surface area (TPSA) is 46.2 Å². The van der Waals surface area contributed by atoms with Crippen LogP contribution in [0.5, 0.6) is 0 Å². The summed E-state index contributed by atoms with van der Waals surface area (Å²) in [5, 5.41) is 2.47. The average molecular weight is 203 g/mol. The number of rotatable bonds is 3. The van der Waals surface area contributed by atoms with Gasteiger partial charge in [0.05, 0.1) is 0 Å². The highest BCUT2D eigenvalue weighted by Crippen LogP contribution is 2.06. The quantitative estimate of drug-likeness (QED) is 0.602. The molecular weight excluding hydrogens is 190 g/mol. The lowest BCUT2D eigenvalue weighted by Gasteiger charge is -2.00. The molecule has 0 saturated carbocycles. The summed E-state index contributed by atoms with van der Waals surface area (Å²) >= 11 is 0. The lowest BCUT2D eigenvalue weighted by atomic mass is 10.1. The molecule has 0 saturated heterocycles. The molecule has 0 aromatic heterocycles. The van der Waals surface area contributed by atoms with Crippen molar-refractivity contribution in [1.29, 1.82) is 0 Å². The molecule has 1 amide bonds. The Morgan fingerprint density at radius 3 is 2.27 bits per heavy atom. The first-order chi connectivity index (χ1) is 7.11. The van der Waals surface area contributed by atoms with Crippen molar-refractivity contribution in [2.75, 3.05) is 0 Å². The number of carbonyl (C=O) groups is 2.